The molecule has 0 saturated heterocycles. The van der Waals surface area contributed by atoms with Crippen molar-refractivity contribution in [2.24, 2.45) is 0 Å². The third-order valence-electron chi connectivity index (χ3n) is 3.63. The van der Waals surface area contributed by atoms with Crippen molar-refractivity contribution < 1.29 is 4.79 Å². The standard InChI is InChI=1S/C14H17N5O/c20-14(18-13-10-15-8-9-16-13)12-6-7-17-19(12)11-4-2-1-3-5-11/h6-11H,1-5H2,(H,16,18,20). The Balaban J connectivity index is 1.77. The molecule has 0 unspecified atom stereocenters. The molecule has 0 spiro atoms. The monoisotopic (exact) mass is 271 g/mol. The van der Waals surface area contributed by atoms with Crippen molar-refractivity contribution in [3.63, 3.8) is 0 Å². The summed E-state index contributed by atoms with van der Waals surface area (Å²) in [6.07, 6.45) is 12.2. The lowest BCUT2D eigenvalue weighted by Crippen LogP contribution is -2.23. The number of anilines is 1. The van der Waals surface area contributed by atoms with E-state index in [1.165, 1.54) is 25.5 Å². The molecule has 2 aromatic rings. The Bertz CT molecular complexity index is 574. The Labute approximate surface area is 117 Å². The van der Waals surface area contributed by atoms with Gasteiger partial charge in [-0.25, -0.2) is 4.98 Å². The highest BCUT2D eigenvalue weighted by Crippen LogP contribution is 2.28. The number of nitrogens with one attached hydrogen (secondary N) is 1. The first-order valence-electron chi connectivity index (χ1n) is 6.95. The predicted octanol–water partition coefficient (Wildman–Crippen LogP) is 2.43. The molecule has 3 rings (SSSR count). The van der Waals surface area contributed by atoms with E-state index in [1.807, 2.05) is 4.68 Å². The van der Waals surface area contributed by atoms with E-state index in [9.17, 15) is 4.79 Å². The maximum Gasteiger partial charge on any atom is 0.275 e. The summed E-state index contributed by atoms with van der Waals surface area (Å²) in [6.45, 7) is 0. The lowest BCUT2D eigenvalue weighted by Gasteiger charge is -2.23. The second-order valence-corrected chi connectivity index (χ2v) is 5.00. The van der Waals surface area contributed by atoms with Crippen molar-refractivity contribution in [2.45, 2.75) is 38.1 Å². The van der Waals surface area contributed by atoms with Gasteiger partial charge in [0.1, 0.15) is 5.69 Å². The van der Waals surface area contributed by atoms with Crippen LogP contribution >= 0.6 is 0 Å². The van der Waals surface area contributed by atoms with Gasteiger partial charge in [0.25, 0.3) is 5.91 Å². The van der Waals surface area contributed by atoms with Gasteiger partial charge in [-0.15, -0.1) is 0 Å². The van der Waals surface area contributed by atoms with Gasteiger partial charge in [0.05, 0.1) is 12.2 Å². The number of hydrogen-bond donors (Lipinski definition) is 1. The van der Waals surface area contributed by atoms with E-state index in [-0.39, 0.29) is 5.91 Å². The summed E-state index contributed by atoms with van der Waals surface area (Å²) in [5.74, 6) is 0.266. The van der Waals surface area contributed by atoms with Gasteiger partial charge in [-0.3, -0.25) is 14.5 Å². The molecule has 6 nitrogen and oxygen atoms in total. The summed E-state index contributed by atoms with van der Waals surface area (Å²) >= 11 is 0. The summed E-state index contributed by atoms with van der Waals surface area (Å²) < 4.78 is 1.85. The van der Waals surface area contributed by atoms with Crippen LogP contribution in [0.1, 0.15) is 48.6 Å². The number of aromatic nitrogens is 4. The van der Waals surface area contributed by atoms with Crippen molar-refractivity contribution in [3.05, 3.63) is 36.5 Å². The largest absolute Gasteiger partial charge is 0.304 e. The van der Waals surface area contributed by atoms with Gasteiger partial charge in [-0.1, -0.05) is 19.3 Å². The summed E-state index contributed by atoms with van der Waals surface area (Å²) in [6, 6.07) is 2.08. The van der Waals surface area contributed by atoms with E-state index in [0.29, 0.717) is 17.6 Å². The maximum absolute atomic E-state index is 12.3. The Morgan fingerprint density at radius 2 is 2.05 bits per heavy atom. The average Bonchev–Trinajstić information content (AvgIpc) is 2.99. The molecule has 0 aromatic carbocycles. The SMILES string of the molecule is O=C(Nc1cnccn1)c1ccnn1C1CCCCC1. The molecule has 0 bridgehead atoms. The number of nitrogens with zero attached hydrogens (tertiary/aromatic N) is 4. The van der Waals surface area contributed by atoms with Crippen LogP contribution in [-0.2, 0) is 0 Å². The van der Waals surface area contributed by atoms with Crippen LogP contribution in [0.5, 0.6) is 0 Å². The molecule has 20 heavy (non-hydrogen) atoms. The van der Waals surface area contributed by atoms with Crippen molar-refractivity contribution in [2.75, 3.05) is 5.32 Å². The predicted molar refractivity (Wildman–Crippen MR) is 74.3 cm³/mol. The van der Waals surface area contributed by atoms with Crippen LogP contribution in [-0.4, -0.2) is 25.7 Å². The summed E-state index contributed by atoms with van der Waals surface area (Å²) in [7, 11) is 0. The van der Waals surface area contributed by atoms with E-state index >= 15 is 0 Å². The van der Waals surface area contributed by atoms with E-state index in [4.69, 9.17) is 0 Å². The lowest BCUT2D eigenvalue weighted by atomic mass is 9.95. The van der Waals surface area contributed by atoms with Gasteiger partial charge in [-0.05, 0) is 18.9 Å². The fourth-order valence-electron chi connectivity index (χ4n) is 2.65. The highest BCUT2D eigenvalue weighted by atomic mass is 16.2. The molecule has 1 aliphatic rings. The summed E-state index contributed by atoms with van der Waals surface area (Å²) in [5.41, 5.74) is 0.586. The third-order valence-corrected chi connectivity index (χ3v) is 3.63. The number of amides is 1. The fraction of sp³-hybridized carbons (Fsp3) is 0.429. The molecule has 2 aromatic heterocycles. The van der Waals surface area contributed by atoms with E-state index in [0.717, 1.165) is 12.8 Å². The average molecular weight is 271 g/mol. The second-order valence-electron chi connectivity index (χ2n) is 5.00. The minimum Gasteiger partial charge on any atom is -0.304 e. The van der Waals surface area contributed by atoms with Crippen LogP contribution < -0.4 is 5.32 Å². The van der Waals surface area contributed by atoms with Gasteiger partial charge in [0.15, 0.2) is 5.82 Å². The van der Waals surface area contributed by atoms with Gasteiger partial charge in [0.2, 0.25) is 0 Å². The van der Waals surface area contributed by atoms with Crippen LogP contribution in [0.15, 0.2) is 30.9 Å². The zero-order valence-corrected chi connectivity index (χ0v) is 11.2. The lowest BCUT2D eigenvalue weighted by molar-refractivity contribution is 0.101. The van der Waals surface area contributed by atoms with Crippen LogP contribution in [0.4, 0.5) is 5.82 Å². The Hall–Kier alpha value is -2.24. The molecule has 0 aliphatic heterocycles. The second kappa shape index (κ2) is 5.81. The van der Waals surface area contributed by atoms with Gasteiger partial charge < -0.3 is 5.32 Å². The highest BCUT2D eigenvalue weighted by molar-refractivity contribution is 6.02. The number of carbonyl (C=O) groups excluding carboxylic acids is 1. The van der Waals surface area contributed by atoms with Crippen LogP contribution in [0.25, 0.3) is 0 Å². The summed E-state index contributed by atoms with van der Waals surface area (Å²) in [5, 5.41) is 7.07. The molecular formula is C14H17N5O. The fourth-order valence-corrected chi connectivity index (χ4v) is 2.65. The number of rotatable bonds is 3. The van der Waals surface area contributed by atoms with Crippen molar-refractivity contribution in [1.82, 2.24) is 19.7 Å². The molecular weight excluding hydrogens is 254 g/mol. The first-order valence-corrected chi connectivity index (χ1v) is 6.95. The topological polar surface area (TPSA) is 72.7 Å². The number of carbonyl (C=O) groups is 1. The molecule has 2 heterocycles. The third kappa shape index (κ3) is 2.68. The molecule has 1 fully saturated rings. The molecule has 104 valence electrons. The maximum atomic E-state index is 12.3. The van der Waals surface area contributed by atoms with Crippen LogP contribution in [0, 0.1) is 0 Å². The van der Waals surface area contributed by atoms with E-state index in [1.54, 1.807) is 24.7 Å². The summed E-state index contributed by atoms with van der Waals surface area (Å²) in [4.78, 5) is 20.3. The zero-order valence-electron chi connectivity index (χ0n) is 11.2. The Morgan fingerprint density at radius 1 is 1.20 bits per heavy atom. The minimum absolute atomic E-state index is 0.187. The van der Waals surface area contributed by atoms with Gasteiger partial charge in [-0.2, -0.15) is 5.10 Å². The molecule has 1 amide bonds. The number of hydrogen-bond acceptors (Lipinski definition) is 4. The molecule has 6 heteroatoms. The van der Waals surface area contributed by atoms with Crippen LogP contribution in [0.3, 0.4) is 0 Å². The quantitative estimate of drug-likeness (QED) is 0.930. The van der Waals surface area contributed by atoms with Crippen molar-refractivity contribution in [3.8, 4) is 0 Å². The minimum atomic E-state index is -0.187. The Kier molecular flexibility index (Phi) is 3.71. The van der Waals surface area contributed by atoms with Gasteiger partial charge >= 0.3 is 0 Å². The molecule has 0 atom stereocenters. The molecule has 1 aliphatic carbocycles. The van der Waals surface area contributed by atoms with E-state index in [2.05, 4.69) is 20.4 Å². The molecule has 1 saturated carbocycles. The highest BCUT2D eigenvalue weighted by Gasteiger charge is 2.21. The normalized spacial score (nSPS) is 16.0. The first-order chi connectivity index (χ1) is 9.84. The Morgan fingerprint density at radius 3 is 2.80 bits per heavy atom. The van der Waals surface area contributed by atoms with Gasteiger partial charge in [0, 0.05) is 18.6 Å². The zero-order chi connectivity index (χ0) is 13.8. The van der Waals surface area contributed by atoms with E-state index < -0.39 is 0 Å². The molecule has 0 radical (unpaired) electrons. The smallest absolute Gasteiger partial charge is 0.275 e. The van der Waals surface area contributed by atoms with Crippen molar-refractivity contribution in [1.29, 1.82) is 0 Å². The van der Waals surface area contributed by atoms with Crippen molar-refractivity contribution >= 4 is 11.7 Å². The molecule has 1 N–H and O–H groups in total. The van der Waals surface area contributed by atoms with Crippen LogP contribution in [0.2, 0.25) is 0 Å². The first kappa shape index (κ1) is 12.8.